The van der Waals surface area contributed by atoms with Gasteiger partial charge in [0.15, 0.2) is 5.78 Å². The number of rotatable bonds is 7. The number of ether oxygens (including phenoxy) is 2. The summed E-state index contributed by atoms with van der Waals surface area (Å²) in [5.41, 5.74) is 0.621. The molecule has 0 radical (unpaired) electrons. The number of benzene rings is 1. The van der Waals surface area contributed by atoms with Crippen LogP contribution in [0.1, 0.15) is 16.8 Å². The molecule has 0 heterocycles. The van der Waals surface area contributed by atoms with Gasteiger partial charge in [-0.1, -0.05) is 11.6 Å². The van der Waals surface area contributed by atoms with Crippen LogP contribution in [0.15, 0.2) is 24.3 Å². The topological polar surface area (TPSA) is 35.5 Å². The standard InChI is InChI=1S/C12H15ClO3/c1-15-7-2-8-16-9-12(14)10-3-5-11(13)6-4-10/h3-6H,2,7-9H2,1H3. The minimum absolute atomic E-state index is 0.0333. The maximum Gasteiger partial charge on any atom is 0.188 e. The first kappa shape index (κ1) is 13.2. The van der Waals surface area contributed by atoms with Crippen molar-refractivity contribution in [2.45, 2.75) is 6.42 Å². The zero-order valence-electron chi connectivity index (χ0n) is 9.24. The van der Waals surface area contributed by atoms with Crippen molar-refractivity contribution in [1.82, 2.24) is 0 Å². The fraction of sp³-hybridized carbons (Fsp3) is 0.417. The van der Waals surface area contributed by atoms with E-state index in [1.165, 1.54) is 0 Å². The second-order valence-electron chi connectivity index (χ2n) is 3.33. The van der Waals surface area contributed by atoms with E-state index in [2.05, 4.69) is 0 Å². The van der Waals surface area contributed by atoms with Crippen LogP contribution in [0.25, 0.3) is 0 Å². The van der Waals surface area contributed by atoms with Crippen LogP contribution in [0.2, 0.25) is 5.02 Å². The molecule has 0 aliphatic carbocycles. The van der Waals surface area contributed by atoms with Crippen LogP contribution in [0.4, 0.5) is 0 Å². The second kappa shape index (κ2) is 7.39. The van der Waals surface area contributed by atoms with Crippen LogP contribution in [0.3, 0.4) is 0 Å². The number of hydrogen-bond donors (Lipinski definition) is 0. The van der Waals surface area contributed by atoms with Crippen molar-refractivity contribution < 1.29 is 14.3 Å². The van der Waals surface area contributed by atoms with Gasteiger partial charge >= 0.3 is 0 Å². The Morgan fingerprint density at radius 3 is 2.56 bits per heavy atom. The van der Waals surface area contributed by atoms with E-state index in [9.17, 15) is 4.79 Å². The highest BCUT2D eigenvalue weighted by Gasteiger charge is 2.05. The van der Waals surface area contributed by atoms with Gasteiger partial charge in [-0.25, -0.2) is 0 Å². The lowest BCUT2D eigenvalue weighted by Gasteiger charge is -2.03. The van der Waals surface area contributed by atoms with Crippen molar-refractivity contribution in [2.24, 2.45) is 0 Å². The molecule has 0 fully saturated rings. The average Bonchev–Trinajstić information content (AvgIpc) is 2.29. The summed E-state index contributed by atoms with van der Waals surface area (Å²) < 4.78 is 10.1. The first-order valence-electron chi connectivity index (χ1n) is 5.09. The molecule has 0 aliphatic heterocycles. The molecule has 0 aromatic heterocycles. The zero-order chi connectivity index (χ0) is 11.8. The normalized spacial score (nSPS) is 10.4. The van der Waals surface area contributed by atoms with Crippen molar-refractivity contribution in [1.29, 1.82) is 0 Å². The second-order valence-corrected chi connectivity index (χ2v) is 3.77. The molecule has 0 unspecified atom stereocenters. The Kier molecular flexibility index (Phi) is 6.08. The lowest BCUT2D eigenvalue weighted by Crippen LogP contribution is -2.10. The molecule has 0 amide bonds. The summed E-state index contributed by atoms with van der Waals surface area (Å²) in [4.78, 5) is 11.6. The highest BCUT2D eigenvalue weighted by Crippen LogP contribution is 2.10. The molecular formula is C12H15ClO3. The summed E-state index contributed by atoms with van der Waals surface area (Å²) in [6, 6.07) is 6.78. The summed E-state index contributed by atoms with van der Waals surface area (Å²) in [5, 5.41) is 0.623. The van der Waals surface area contributed by atoms with Crippen molar-refractivity contribution >= 4 is 17.4 Å². The molecule has 0 saturated carbocycles. The summed E-state index contributed by atoms with van der Waals surface area (Å²) in [5.74, 6) is -0.0333. The van der Waals surface area contributed by atoms with E-state index in [1.54, 1.807) is 31.4 Å². The molecule has 88 valence electrons. The van der Waals surface area contributed by atoms with Crippen LogP contribution in [0, 0.1) is 0 Å². The number of Topliss-reactive ketones (excluding diaryl/α,β-unsaturated/α-hetero) is 1. The molecular weight excluding hydrogens is 228 g/mol. The number of methoxy groups -OCH3 is 1. The third kappa shape index (κ3) is 4.75. The zero-order valence-corrected chi connectivity index (χ0v) is 10.00. The number of carbonyl (C=O) groups is 1. The molecule has 0 N–H and O–H groups in total. The smallest absolute Gasteiger partial charge is 0.188 e. The molecule has 1 aromatic rings. The first-order chi connectivity index (χ1) is 7.74. The Morgan fingerprint density at radius 2 is 1.94 bits per heavy atom. The van der Waals surface area contributed by atoms with Gasteiger partial charge in [-0.3, -0.25) is 4.79 Å². The van der Waals surface area contributed by atoms with Gasteiger partial charge in [0, 0.05) is 30.9 Å². The van der Waals surface area contributed by atoms with E-state index >= 15 is 0 Å². The Bertz CT molecular complexity index is 322. The van der Waals surface area contributed by atoms with E-state index in [-0.39, 0.29) is 12.4 Å². The summed E-state index contributed by atoms with van der Waals surface area (Å²) in [6.45, 7) is 1.29. The first-order valence-corrected chi connectivity index (χ1v) is 5.47. The molecule has 4 heteroatoms. The van der Waals surface area contributed by atoms with Crippen molar-refractivity contribution in [3.63, 3.8) is 0 Å². The van der Waals surface area contributed by atoms with Gasteiger partial charge in [-0.05, 0) is 30.7 Å². The van der Waals surface area contributed by atoms with Crippen molar-refractivity contribution in [3.05, 3.63) is 34.9 Å². The van der Waals surface area contributed by atoms with Crippen LogP contribution < -0.4 is 0 Å². The van der Waals surface area contributed by atoms with Gasteiger partial charge in [0.05, 0.1) is 0 Å². The van der Waals surface area contributed by atoms with Crippen molar-refractivity contribution in [3.8, 4) is 0 Å². The minimum Gasteiger partial charge on any atom is -0.385 e. The monoisotopic (exact) mass is 242 g/mol. The molecule has 0 saturated heterocycles. The molecule has 0 bridgehead atoms. The van der Waals surface area contributed by atoms with Crippen LogP contribution in [0.5, 0.6) is 0 Å². The van der Waals surface area contributed by atoms with Crippen LogP contribution in [-0.4, -0.2) is 32.7 Å². The van der Waals surface area contributed by atoms with Gasteiger partial charge in [0.1, 0.15) is 6.61 Å². The minimum atomic E-state index is -0.0333. The fourth-order valence-electron chi connectivity index (χ4n) is 1.19. The third-order valence-corrected chi connectivity index (χ3v) is 2.29. The maximum absolute atomic E-state index is 11.6. The van der Waals surface area contributed by atoms with Gasteiger partial charge in [-0.2, -0.15) is 0 Å². The van der Waals surface area contributed by atoms with E-state index in [1.807, 2.05) is 0 Å². The highest BCUT2D eigenvalue weighted by molar-refractivity contribution is 6.30. The molecule has 0 aliphatic rings. The Morgan fingerprint density at radius 1 is 1.25 bits per heavy atom. The van der Waals surface area contributed by atoms with Gasteiger partial charge < -0.3 is 9.47 Å². The van der Waals surface area contributed by atoms with E-state index in [0.717, 1.165) is 6.42 Å². The van der Waals surface area contributed by atoms with Gasteiger partial charge in [0.25, 0.3) is 0 Å². The maximum atomic E-state index is 11.6. The Balaban J connectivity index is 2.27. The molecule has 0 spiro atoms. The SMILES string of the molecule is COCCCOCC(=O)c1ccc(Cl)cc1. The number of halogens is 1. The number of hydrogen-bond acceptors (Lipinski definition) is 3. The molecule has 1 aromatic carbocycles. The van der Waals surface area contributed by atoms with E-state index < -0.39 is 0 Å². The highest BCUT2D eigenvalue weighted by atomic mass is 35.5. The number of carbonyl (C=O) groups excluding carboxylic acids is 1. The van der Waals surface area contributed by atoms with E-state index in [4.69, 9.17) is 21.1 Å². The third-order valence-electron chi connectivity index (χ3n) is 2.04. The molecule has 3 nitrogen and oxygen atoms in total. The molecule has 0 atom stereocenters. The molecule has 16 heavy (non-hydrogen) atoms. The molecule has 1 rings (SSSR count). The summed E-state index contributed by atoms with van der Waals surface area (Å²) >= 11 is 5.72. The predicted octanol–water partition coefficient (Wildman–Crippen LogP) is 2.58. The number of ketones is 1. The average molecular weight is 243 g/mol. The van der Waals surface area contributed by atoms with Crippen LogP contribution in [-0.2, 0) is 9.47 Å². The summed E-state index contributed by atoms with van der Waals surface area (Å²) in [6.07, 6.45) is 0.796. The van der Waals surface area contributed by atoms with Gasteiger partial charge in [0.2, 0.25) is 0 Å². The lowest BCUT2D eigenvalue weighted by molar-refractivity contribution is 0.0705. The van der Waals surface area contributed by atoms with Crippen LogP contribution >= 0.6 is 11.6 Å². The Hall–Kier alpha value is -0.900. The lowest BCUT2D eigenvalue weighted by atomic mass is 10.1. The Labute approximate surface area is 100 Å². The fourth-order valence-corrected chi connectivity index (χ4v) is 1.32. The quantitative estimate of drug-likeness (QED) is 0.545. The summed E-state index contributed by atoms with van der Waals surface area (Å²) in [7, 11) is 1.64. The predicted molar refractivity (Wildman–Crippen MR) is 63.1 cm³/mol. The van der Waals surface area contributed by atoms with E-state index in [0.29, 0.717) is 23.8 Å². The largest absolute Gasteiger partial charge is 0.385 e. The van der Waals surface area contributed by atoms with Gasteiger partial charge in [-0.15, -0.1) is 0 Å². The van der Waals surface area contributed by atoms with Crippen molar-refractivity contribution in [2.75, 3.05) is 26.9 Å².